The van der Waals surface area contributed by atoms with E-state index < -0.39 is 5.91 Å². The lowest BCUT2D eigenvalue weighted by atomic mass is 10.1. The summed E-state index contributed by atoms with van der Waals surface area (Å²) in [4.78, 5) is 16.6. The van der Waals surface area contributed by atoms with Gasteiger partial charge in [-0.15, -0.1) is 0 Å². The molecule has 0 saturated carbocycles. The maximum atomic E-state index is 12.5. The molecule has 1 aromatic carbocycles. The predicted molar refractivity (Wildman–Crippen MR) is 116 cm³/mol. The number of aryl methyl sites for hydroxylation is 1. The first-order valence-corrected chi connectivity index (χ1v) is 9.94. The predicted octanol–water partition coefficient (Wildman–Crippen LogP) is 5.04. The Bertz CT molecular complexity index is 1150. The van der Waals surface area contributed by atoms with Crippen molar-refractivity contribution in [1.29, 1.82) is 5.41 Å². The number of thioether (sulfide) groups is 1. The van der Waals surface area contributed by atoms with Crippen LogP contribution in [-0.2, 0) is 4.79 Å². The quantitative estimate of drug-likeness (QED) is 0.676. The minimum Gasteiger partial charge on any atom is -0.316 e. The van der Waals surface area contributed by atoms with Crippen molar-refractivity contribution >= 4 is 63.0 Å². The highest BCUT2D eigenvalue weighted by atomic mass is 35.5. The van der Waals surface area contributed by atoms with Crippen LogP contribution in [0.1, 0.15) is 23.9 Å². The van der Waals surface area contributed by atoms with Crippen LogP contribution in [0, 0.1) is 19.3 Å². The Morgan fingerprint density at radius 1 is 1.18 bits per heavy atom. The number of aromatic nitrogens is 1. The van der Waals surface area contributed by atoms with E-state index in [0.29, 0.717) is 15.2 Å². The summed E-state index contributed by atoms with van der Waals surface area (Å²) >= 11 is 13.7. The van der Waals surface area contributed by atoms with Crippen LogP contribution in [0.15, 0.2) is 39.9 Å². The molecule has 1 aromatic heterocycles. The Balaban J connectivity index is 1.79. The lowest BCUT2D eigenvalue weighted by Gasteiger charge is -2.20. The molecule has 4 rings (SSSR count). The highest BCUT2D eigenvalue weighted by molar-refractivity contribution is 8.26. The van der Waals surface area contributed by atoms with Crippen molar-refractivity contribution < 1.29 is 4.79 Å². The van der Waals surface area contributed by atoms with Gasteiger partial charge in [0, 0.05) is 16.4 Å². The van der Waals surface area contributed by atoms with Crippen molar-refractivity contribution in [3.05, 3.63) is 56.8 Å². The molecule has 1 amide bonds. The zero-order valence-corrected chi connectivity index (χ0v) is 17.6. The largest absolute Gasteiger partial charge is 0.316 e. The highest BCUT2D eigenvalue weighted by Crippen LogP contribution is 2.31. The summed E-state index contributed by atoms with van der Waals surface area (Å²) in [5.74, 6) is -0.420. The SMILES string of the molecule is CC1=NN2C(=N)/C(=C/c3cc(C)n(-c4ccc(Cl)cc4Cl)c3C)C(=O)N=C2S1. The normalized spacial score (nSPS) is 17.9. The molecule has 0 spiro atoms. The van der Waals surface area contributed by atoms with Crippen molar-refractivity contribution in [3.63, 3.8) is 0 Å². The fourth-order valence-electron chi connectivity index (χ4n) is 3.21. The van der Waals surface area contributed by atoms with E-state index in [-0.39, 0.29) is 11.4 Å². The third kappa shape index (κ3) is 3.09. The number of benzene rings is 1. The van der Waals surface area contributed by atoms with Gasteiger partial charge in [0.25, 0.3) is 5.91 Å². The van der Waals surface area contributed by atoms with Crippen LogP contribution in [0.2, 0.25) is 10.0 Å². The number of rotatable bonds is 2. The fraction of sp³-hybridized carbons (Fsp3) is 0.158. The standard InChI is InChI=1S/C19H15Cl2N5OS/c1-9-6-12(10(2)25(9)16-5-4-13(20)8-15(16)21)7-14-17(22)26-19(23-18(14)27)28-11(3)24-26/h4-8,22H,1-3H3/b14-7-,22-17?. The smallest absolute Gasteiger partial charge is 0.283 e. The number of hydrazone groups is 1. The van der Waals surface area contributed by atoms with Crippen molar-refractivity contribution in [1.82, 2.24) is 9.58 Å². The van der Waals surface area contributed by atoms with Gasteiger partial charge in [-0.05, 0) is 68.4 Å². The number of nitrogens with zero attached hydrogens (tertiary/aromatic N) is 4. The molecule has 9 heteroatoms. The Labute approximate surface area is 176 Å². The number of fused-ring (bicyclic) bond motifs is 1. The molecule has 0 saturated heterocycles. The first-order valence-electron chi connectivity index (χ1n) is 8.37. The topological polar surface area (TPSA) is 73.8 Å². The second-order valence-electron chi connectivity index (χ2n) is 6.40. The summed E-state index contributed by atoms with van der Waals surface area (Å²) in [6.45, 7) is 5.70. The van der Waals surface area contributed by atoms with Crippen LogP contribution in [-0.4, -0.2) is 31.5 Å². The van der Waals surface area contributed by atoms with Crippen LogP contribution in [0.3, 0.4) is 0 Å². The molecule has 1 N–H and O–H groups in total. The Morgan fingerprint density at radius 3 is 2.64 bits per heavy atom. The van der Waals surface area contributed by atoms with E-state index in [1.807, 2.05) is 37.5 Å². The van der Waals surface area contributed by atoms with Gasteiger partial charge in [0.1, 0.15) is 0 Å². The van der Waals surface area contributed by atoms with Gasteiger partial charge in [-0.2, -0.15) is 15.1 Å². The third-order valence-electron chi connectivity index (χ3n) is 4.48. The zero-order chi connectivity index (χ0) is 20.2. The summed E-state index contributed by atoms with van der Waals surface area (Å²) in [6.07, 6.45) is 1.68. The van der Waals surface area contributed by atoms with Gasteiger partial charge in [0.15, 0.2) is 5.84 Å². The van der Waals surface area contributed by atoms with Crippen molar-refractivity contribution in [2.45, 2.75) is 20.8 Å². The van der Waals surface area contributed by atoms with Gasteiger partial charge < -0.3 is 4.57 Å². The van der Waals surface area contributed by atoms with E-state index >= 15 is 0 Å². The Kier molecular flexibility index (Phi) is 4.69. The van der Waals surface area contributed by atoms with E-state index in [4.69, 9.17) is 28.6 Å². The van der Waals surface area contributed by atoms with Gasteiger partial charge >= 0.3 is 0 Å². The van der Waals surface area contributed by atoms with Crippen molar-refractivity contribution in [3.8, 4) is 5.69 Å². The summed E-state index contributed by atoms with van der Waals surface area (Å²) < 4.78 is 1.99. The van der Waals surface area contributed by atoms with Crippen LogP contribution in [0.4, 0.5) is 0 Å². The molecule has 2 aromatic rings. The van der Waals surface area contributed by atoms with Gasteiger partial charge in [0.2, 0.25) is 5.17 Å². The summed E-state index contributed by atoms with van der Waals surface area (Å²) in [5.41, 5.74) is 3.64. The molecule has 142 valence electrons. The van der Waals surface area contributed by atoms with E-state index in [0.717, 1.165) is 27.7 Å². The molecule has 0 unspecified atom stereocenters. The molecule has 0 radical (unpaired) electrons. The Morgan fingerprint density at radius 2 is 1.93 bits per heavy atom. The van der Waals surface area contributed by atoms with E-state index in [1.54, 1.807) is 18.2 Å². The number of hydrogen-bond acceptors (Lipinski definition) is 4. The molecular weight excluding hydrogens is 417 g/mol. The lowest BCUT2D eigenvalue weighted by Crippen LogP contribution is -2.35. The maximum absolute atomic E-state index is 12.5. The molecule has 3 heterocycles. The van der Waals surface area contributed by atoms with Gasteiger partial charge in [-0.1, -0.05) is 23.2 Å². The number of nitrogens with one attached hydrogen (secondary N) is 1. The summed E-state index contributed by atoms with van der Waals surface area (Å²) in [7, 11) is 0. The van der Waals surface area contributed by atoms with Crippen LogP contribution in [0.5, 0.6) is 0 Å². The first kappa shape index (κ1) is 19.0. The minimum absolute atomic E-state index is 0.0219. The van der Waals surface area contributed by atoms with E-state index in [1.165, 1.54) is 16.8 Å². The highest BCUT2D eigenvalue weighted by Gasteiger charge is 2.34. The van der Waals surface area contributed by atoms with Crippen LogP contribution >= 0.6 is 35.0 Å². The van der Waals surface area contributed by atoms with Crippen molar-refractivity contribution in [2.24, 2.45) is 10.1 Å². The number of aliphatic imine (C=N–C) groups is 1. The zero-order valence-electron chi connectivity index (χ0n) is 15.2. The molecule has 2 aliphatic heterocycles. The van der Waals surface area contributed by atoms with Gasteiger partial charge in [-0.3, -0.25) is 10.2 Å². The molecule has 28 heavy (non-hydrogen) atoms. The molecule has 0 atom stereocenters. The average molecular weight is 432 g/mol. The molecular formula is C19H15Cl2N5OS. The second kappa shape index (κ2) is 6.92. The summed E-state index contributed by atoms with van der Waals surface area (Å²) in [5, 5.41) is 16.3. The molecule has 2 aliphatic rings. The second-order valence-corrected chi connectivity index (χ2v) is 8.40. The molecule has 6 nitrogen and oxygen atoms in total. The molecule has 0 bridgehead atoms. The number of hydrogen-bond donors (Lipinski definition) is 1. The fourth-order valence-corrected chi connectivity index (χ4v) is 4.44. The number of amides is 1. The van der Waals surface area contributed by atoms with E-state index in [9.17, 15) is 4.79 Å². The van der Waals surface area contributed by atoms with Crippen LogP contribution in [0.25, 0.3) is 11.8 Å². The number of carbonyl (C=O) groups is 1. The number of amidine groups is 2. The van der Waals surface area contributed by atoms with Crippen LogP contribution < -0.4 is 0 Å². The van der Waals surface area contributed by atoms with E-state index in [2.05, 4.69) is 10.1 Å². The number of carbonyl (C=O) groups excluding carboxylic acids is 1. The molecule has 0 aliphatic carbocycles. The maximum Gasteiger partial charge on any atom is 0.283 e. The average Bonchev–Trinajstić information content (AvgIpc) is 3.12. The minimum atomic E-state index is -0.442. The molecule has 0 fully saturated rings. The van der Waals surface area contributed by atoms with Gasteiger partial charge in [0.05, 0.1) is 21.3 Å². The number of halogens is 2. The summed E-state index contributed by atoms with van der Waals surface area (Å²) in [6, 6.07) is 7.27. The Hall–Kier alpha value is -2.35. The first-order chi connectivity index (χ1) is 13.3. The van der Waals surface area contributed by atoms with Crippen molar-refractivity contribution in [2.75, 3.05) is 0 Å². The third-order valence-corrected chi connectivity index (χ3v) is 5.84. The van der Waals surface area contributed by atoms with Gasteiger partial charge in [-0.25, -0.2) is 0 Å². The lowest BCUT2D eigenvalue weighted by molar-refractivity contribution is -0.114. The monoisotopic (exact) mass is 431 g/mol.